The lowest BCUT2D eigenvalue weighted by molar-refractivity contribution is -0.115. The Morgan fingerprint density at radius 3 is 2.53 bits per heavy atom. The van der Waals surface area contributed by atoms with Gasteiger partial charge in [-0.05, 0) is 24.6 Å². The Morgan fingerprint density at radius 1 is 1.16 bits per heavy atom. The third-order valence-electron chi connectivity index (χ3n) is 2.81. The largest absolute Gasteiger partial charge is 0.325 e. The van der Waals surface area contributed by atoms with Crippen LogP contribution in [-0.2, 0) is 11.2 Å². The molecule has 0 spiro atoms. The summed E-state index contributed by atoms with van der Waals surface area (Å²) in [5, 5.41) is 11.7. The zero-order chi connectivity index (χ0) is 13.7. The summed E-state index contributed by atoms with van der Waals surface area (Å²) in [7, 11) is 0. The molecule has 0 saturated carbocycles. The molecule has 2 aromatic rings. The molecule has 1 N–H and O–H groups in total. The van der Waals surface area contributed by atoms with E-state index in [0.29, 0.717) is 17.7 Å². The smallest absolute Gasteiger partial charge is 0.228 e. The summed E-state index contributed by atoms with van der Waals surface area (Å²) in [4.78, 5) is 11.9. The molecule has 0 radical (unpaired) electrons. The van der Waals surface area contributed by atoms with Crippen LogP contribution in [0.5, 0.6) is 0 Å². The van der Waals surface area contributed by atoms with Crippen molar-refractivity contribution in [2.45, 2.75) is 13.3 Å². The average molecular weight is 250 g/mol. The van der Waals surface area contributed by atoms with Crippen molar-refractivity contribution in [3.8, 4) is 6.07 Å². The molecule has 0 aliphatic heterocycles. The highest BCUT2D eigenvalue weighted by atomic mass is 16.1. The van der Waals surface area contributed by atoms with Gasteiger partial charge in [0.15, 0.2) is 0 Å². The number of nitriles is 1. The van der Waals surface area contributed by atoms with Crippen molar-refractivity contribution in [1.29, 1.82) is 5.26 Å². The Labute approximate surface area is 112 Å². The van der Waals surface area contributed by atoms with Crippen LogP contribution >= 0.6 is 0 Å². The standard InChI is InChI=1S/C16H14N2O/c1-12-6-8-13(9-7-12)10-16(19)18-15-5-3-2-4-14(15)11-17/h2-9H,10H2,1H3,(H,18,19). The number of para-hydroxylation sites is 1. The molecular weight excluding hydrogens is 236 g/mol. The zero-order valence-corrected chi connectivity index (χ0v) is 10.7. The minimum atomic E-state index is -0.119. The summed E-state index contributed by atoms with van der Waals surface area (Å²) in [6.07, 6.45) is 0.306. The molecule has 94 valence electrons. The van der Waals surface area contributed by atoms with E-state index < -0.39 is 0 Å². The number of anilines is 1. The third kappa shape index (κ3) is 3.43. The fraction of sp³-hybridized carbons (Fsp3) is 0.125. The van der Waals surface area contributed by atoms with Gasteiger partial charge in [0.1, 0.15) is 6.07 Å². The Hall–Kier alpha value is -2.60. The van der Waals surface area contributed by atoms with E-state index >= 15 is 0 Å². The molecule has 1 amide bonds. The van der Waals surface area contributed by atoms with Crippen LogP contribution in [0.2, 0.25) is 0 Å². The maximum absolute atomic E-state index is 11.9. The van der Waals surface area contributed by atoms with Gasteiger partial charge in [-0.3, -0.25) is 4.79 Å². The van der Waals surface area contributed by atoms with E-state index in [0.717, 1.165) is 5.56 Å². The number of hydrogen-bond donors (Lipinski definition) is 1. The molecule has 0 aliphatic rings. The first-order valence-electron chi connectivity index (χ1n) is 6.03. The molecule has 0 unspecified atom stereocenters. The number of aryl methyl sites for hydroxylation is 1. The quantitative estimate of drug-likeness (QED) is 0.910. The Balaban J connectivity index is 2.06. The summed E-state index contributed by atoms with van der Waals surface area (Å²) < 4.78 is 0. The van der Waals surface area contributed by atoms with Crippen molar-refractivity contribution >= 4 is 11.6 Å². The van der Waals surface area contributed by atoms with E-state index in [4.69, 9.17) is 5.26 Å². The highest BCUT2D eigenvalue weighted by Gasteiger charge is 2.06. The van der Waals surface area contributed by atoms with E-state index in [1.165, 1.54) is 5.56 Å². The molecule has 0 heterocycles. The lowest BCUT2D eigenvalue weighted by Gasteiger charge is -2.07. The molecule has 0 atom stereocenters. The number of carbonyl (C=O) groups is 1. The third-order valence-corrected chi connectivity index (χ3v) is 2.81. The van der Waals surface area contributed by atoms with Gasteiger partial charge < -0.3 is 5.32 Å². The van der Waals surface area contributed by atoms with Crippen molar-refractivity contribution in [2.75, 3.05) is 5.32 Å². The van der Waals surface area contributed by atoms with Gasteiger partial charge in [0.25, 0.3) is 0 Å². The number of carbonyl (C=O) groups excluding carboxylic acids is 1. The molecule has 19 heavy (non-hydrogen) atoms. The van der Waals surface area contributed by atoms with Crippen LogP contribution in [-0.4, -0.2) is 5.91 Å². The molecule has 0 aliphatic carbocycles. The molecular formula is C16H14N2O. The molecule has 2 rings (SSSR count). The van der Waals surface area contributed by atoms with Crippen LogP contribution in [0.3, 0.4) is 0 Å². The minimum Gasteiger partial charge on any atom is -0.325 e. The summed E-state index contributed by atoms with van der Waals surface area (Å²) in [5.74, 6) is -0.119. The number of nitrogens with one attached hydrogen (secondary N) is 1. The molecule has 0 saturated heterocycles. The topological polar surface area (TPSA) is 52.9 Å². The van der Waals surface area contributed by atoms with Gasteiger partial charge in [-0.2, -0.15) is 5.26 Å². The van der Waals surface area contributed by atoms with Gasteiger partial charge in [-0.25, -0.2) is 0 Å². The first kappa shape index (κ1) is 12.8. The van der Waals surface area contributed by atoms with Crippen LogP contribution in [0.1, 0.15) is 16.7 Å². The first-order valence-corrected chi connectivity index (χ1v) is 6.03. The van der Waals surface area contributed by atoms with E-state index in [2.05, 4.69) is 11.4 Å². The van der Waals surface area contributed by atoms with E-state index in [-0.39, 0.29) is 5.91 Å². The maximum Gasteiger partial charge on any atom is 0.228 e. The lowest BCUT2D eigenvalue weighted by atomic mass is 10.1. The predicted octanol–water partition coefficient (Wildman–Crippen LogP) is 3.05. The molecule has 3 nitrogen and oxygen atoms in total. The first-order chi connectivity index (χ1) is 9.19. The van der Waals surface area contributed by atoms with Gasteiger partial charge in [-0.1, -0.05) is 42.0 Å². The zero-order valence-electron chi connectivity index (χ0n) is 10.7. The van der Waals surface area contributed by atoms with Crippen molar-refractivity contribution < 1.29 is 4.79 Å². The van der Waals surface area contributed by atoms with Crippen LogP contribution in [0, 0.1) is 18.3 Å². The Kier molecular flexibility index (Phi) is 3.94. The fourth-order valence-electron chi connectivity index (χ4n) is 1.78. The van der Waals surface area contributed by atoms with E-state index in [1.54, 1.807) is 24.3 Å². The number of hydrogen-bond acceptors (Lipinski definition) is 2. The van der Waals surface area contributed by atoms with Gasteiger partial charge in [0.2, 0.25) is 5.91 Å². The maximum atomic E-state index is 11.9. The van der Waals surface area contributed by atoms with Gasteiger partial charge in [0.05, 0.1) is 17.7 Å². The van der Waals surface area contributed by atoms with Crippen molar-refractivity contribution in [3.05, 3.63) is 65.2 Å². The van der Waals surface area contributed by atoms with Crippen LogP contribution < -0.4 is 5.32 Å². The Morgan fingerprint density at radius 2 is 1.84 bits per heavy atom. The summed E-state index contributed by atoms with van der Waals surface area (Å²) in [5.41, 5.74) is 3.15. The van der Waals surface area contributed by atoms with Crippen LogP contribution in [0.4, 0.5) is 5.69 Å². The SMILES string of the molecule is Cc1ccc(CC(=O)Nc2ccccc2C#N)cc1. The van der Waals surface area contributed by atoms with Crippen molar-refractivity contribution in [2.24, 2.45) is 0 Å². The molecule has 2 aromatic carbocycles. The predicted molar refractivity (Wildman–Crippen MR) is 74.7 cm³/mol. The average Bonchev–Trinajstić information content (AvgIpc) is 2.42. The van der Waals surface area contributed by atoms with E-state index in [1.807, 2.05) is 31.2 Å². The summed E-state index contributed by atoms with van der Waals surface area (Å²) in [6.45, 7) is 2.01. The van der Waals surface area contributed by atoms with Gasteiger partial charge in [-0.15, -0.1) is 0 Å². The van der Waals surface area contributed by atoms with Crippen LogP contribution in [0.25, 0.3) is 0 Å². The number of rotatable bonds is 3. The molecule has 0 aromatic heterocycles. The lowest BCUT2D eigenvalue weighted by Crippen LogP contribution is -2.15. The van der Waals surface area contributed by atoms with Gasteiger partial charge >= 0.3 is 0 Å². The normalized spacial score (nSPS) is 9.68. The van der Waals surface area contributed by atoms with Crippen molar-refractivity contribution in [1.82, 2.24) is 0 Å². The highest BCUT2D eigenvalue weighted by molar-refractivity contribution is 5.93. The number of benzene rings is 2. The number of nitrogens with zero attached hydrogens (tertiary/aromatic N) is 1. The second kappa shape index (κ2) is 5.83. The van der Waals surface area contributed by atoms with Crippen molar-refractivity contribution in [3.63, 3.8) is 0 Å². The number of amides is 1. The Bertz CT molecular complexity index is 624. The van der Waals surface area contributed by atoms with Crippen LogP contribution in [0.15, 0.2) is 48.5 Å². The van der Waals surface area contributed by atoms with Gasteiger partial charge in [0, 0.05) is 0 Å². The summed E-state index contributed by atoms with van der Waals surface area (Å²) >= 11 is 0. The monoisotopic (exact) mass is 250 g/mol. The molecule has 3 heteroatoms. The second-order valence-corrected chi connectivity index (χ2v) is 4.37. The minimum absolute atomic E-state index is 0.119. The second-order valence-electron chi connectivity index (χ2n) is 4.37. The molecule has 0 bridgehead atoms. The highest BCUT2D eigenvalue weighted by Crippen LogP contribution is 2.14. The summed E-state index contributed by atoms with van der Waals surface area (Å²) in [6, 6.07) is 16.9. The molecule has 0 fully saturated rings. The fourth-order valence-corrected chi connectivity index (χ4v) is 1.78. The van der Waals surface area contributed by atoms with E-state index in [9.17, 15) is 4.79 Å².